The molecule has 1 aliphatic rings. The van der Waals surface area contributed by atoms with Crippen LogP contribution in [-0.4, -0.2) is 55.6 Å². The molecule has 1 fully saturated rings. The normalized spacial score (nSPS) is 16.0. The van der Waals surface area contributed by atoms with Gasteiger partial charge >= 0.3 is 0 Å². The topological polar surface area (TPSA) is 70.7 Å². The van der Waals surface area contributed by atoms with Gasteiger partial charge in [0.05, 0.1) is 11.5 Å². The van der Waals surface area contributed by atoms with Gasteiger partial charge in [-0.2, -0.15) is 0 Å². The van der Waals surface area contributed by atoms with Gasteiger partial charge in [-0.1, -0.05) is 24.3 Å². The molecule has 2 aromatic rings. The average molecular weight is 388 g/mol. The number of nitrogens with one attached hydrogen (secondary N) is 2. The van der Waals surface area contributed by atoms with Gasteiger partial charge in [-0.3, -0.25) is 9.59 Å². The van der Waals surface area contributed by atoms with Gasteiger partial charge in [0, 0.05) is 32.4 Å². The van der Waals surface area contributed by atoms with Crippen molar-refractivity contribution >= 4 is 28.8 Å². The SMILES string of the molecule is COCCNC(=O)C1(Nc2ccccc2)CCN(C(=O)c2cccs2)CC1. The molecule has 3 rings (SSSR count). The summed E-state index contributed by atoms with van der Waals surface area (Å²) in [5.74, 6) is -0.00951. The maximum Gasteiger partial charge on any atom is 0.263 e. The number of nitrogens with zero attached hydrogens (tertiary/aromatic N) is 1. The van der Waals surface area contributed by atoms with E-state index in [1.54, 1.807) is 7.11 Å². The number of piperidine rings is 1. The predicted octanol–water partition coefficient (Wildman–Crippen LogP) is 2.60. The summed E-state index contributed by atoms with van der Waals surface area (Å²) in [5, 5.41) is 8.29. The fourth-order valence-electron chi connectivity index (χ4n) is 3.29. The van der Waals surface area contributed by atoms with Gasteiger partial charge in [0.15, 0.2) is 0 Å². The molecule has 0 spiro atoms. The Morgan fingerprint density at radius 2 is 1.89 bits per heavy atom. The first kappa shape index (κ1) is 19.4. The minimum absolute atomic E-state index is 0.0399. The third kappa shape index (κ3) is 4.67. The molecule has 2 N–H and O–H groups in total. The largest absolute Gasteiger partial charge is 0.383 e. The summed E-state index contributed by atoms with van der Waals surface area (Å²) < 4.78 is 5.03. The number of ether oxygens (including phenoxy) is 1. The minimum Gasteiger partial charge on any atom is -0.383 e. The van der Waals surface area contributed by atoms with Crippen molar-refractivity contribution < 1.29 is 14.3 Å². The third-order valence-electron chi connectivity index (χ3n) is 4.82. The van der Waals surface area contributed by atoms with Crippen molar-refractivity contribution in [1.82, 2.24) is 10.2 Å². The van der Waals surface area contributed by atoms with Crippen LogP contribution >= 0.6 is 11.3 Å². The van der Waals surface area contributed by atoms with Crippen molar-refractivity contribution in [2.24, 2.45) is 0 Å². The van der Waals surface area contributed by atoms with Crippen LogP contribution < -0.4 is 10.6 Å². The molecule has 6 nitrogen and oxygen atoms in total. The molecular weight excluding hydrogens is 362 g/mol. The van der Waals surface area contributed by atoms with Crippen molar-refractivity contribution in [2.75, 3.05) is 38.7 Å². The lowest BCUT2D eigenvalue weighted by molar-refractivity contribution is -0.127. The number of rotatable bonds is 7. The molecule has 7 heteroatoms. The van der Waals surface area contributed by atoms with Crippen molar-refractivity contribution in [3.63, 3.8) is 0 Å². The lowest BCUT2D eigenvalue weighted by Crippen LogP contribution is -2.59. The molecule has 2 heterocycles. The summed E-state index contributed by atoms with van der Waals surface area (Å²) in [6.07, 6.45) is 1.11. The molecule has 0 atom stereocenters. The van der Waals surface area contributed by atoms with E-state index in [0.29, 0.717) is 39.1 Å². The Kier molecular flexibility index (Phi) is 6.47. The highest BCUT2D eigenvalue weighted by Crippen LogP contribution is 2.29. The number of hydrogen-bond donors (Lipinski definition) is 2. The third-order valence-corrected chi connectivity index (χ3v) is 5.68. The number of methoxy groups -OCH3 is 1. The highest BCUT2D eigenvalue weighted by molar-refractivity contribution is 7.12. The first-order valence-corrected chi connectivity index (χ1v) is 9.96. The number of benzene rings is 1. The Labute approximate surface area is 163 Å². The van der Waals surface area contributed by atoms with Crippen molar-refractivity contribution in [3.8, 4) is 0 Å². The molecule has 0 aliphatic carbocycles. The zero-order valence-electron chi connectivity index (χ0n) is 15.4. The molecule has 1 aromatic carbocycles. The van der Waals surface area contributed by atoms with Crippen molar-refractivity contribution in [3.05, 3.63) is 52.7 Å². The molecule has 27 heavy (non-hydrogen) atoms. The number of thiophene rings is 1. The van der Waals surface area contributed by atoms with Gasteiger partial charge in [0.25, 0.3) is 5.91 Å². The first-order valence-electron chi connectivity index (χ1n) is 9.08. The van der Waals surface area contributed by atoms with Crippen LogP contribution in [0.2, 0.25) is 0 Å². The van der Waals surface area contributed by atoms with Crippen LogP contribution in [-0.2, 0) is 9.53 Å². The standard InChI is InChI=1S/C20H25N3O3S/c1-26-14-11-21-19(25)20(22-16-6-3-2-4-7-16)9-12-23(13-10-20)18(24)17-8-5-15-27-17/h2-8,15,22H,9-14H2,1H3,(H,21,25). The van der Waals surface area contributed by atoms with E-state index in [1.165, 1.54) is 11.3 Å². The molecule has 1 aliphatic heterocycles. The molecule has 2 amide bonds. The monoisotopic (exact) mass is 387 g/mol. The van der Waals surface area contributed by atoms with Crippen LogP contribution in [0.15, 0.2) is 47.8 Å². The van der Waals surface area contributed by atoms with Gasteiger partial charge in [-0.05, 0) is 36.4 Å². The first-order chi connectivity index (χ1) is 13.1. The van der Waals surface area contributed by atoms with Gasteiger partial charge in [-0.15, -0.1) is 11.3 Å². The number of hydrogen-bond acceptors (Lipinski definition) is 5. The van der Waals surface area contributed by atoms with Crippen molar-refractivity contribution in [2.45, 2.75) is 18.4 Å². The molecule has 0 bridgehead atoms. The van der Waals surface area contributed by atoms with E-state index in [2.05, 4.69) is 10.6 Å². The zero-order chi connectivity index (χ0) is 19.1. The summed E-state index contributed by atoms with van der Waals surface area (Å²) in [5.41, 5.74) is 0.166. The summed E-state index contributed by atoms with van der Waals surface area (Å²) in [6, 6.07) is 13.4. The lowest BCUT2D eigenvalue weighted by atomic mass is 9.85. The number of amides is 2. The Morgan fingerprint density at radius 3 is 2.52 bits per heavy atom. The Bertz CT molecular complexity index is 741. The summed E-state index contributed by atoms with van der Waals surface area (Å²) >= 11 is 1.45. The highest BCUT2D eigenvalue weighted by atomic mass is 32.1. The molecular formula is C20H25N3O3S. The van der Waals surface area contributed by atoms with E-state index >= 15 is 0 Å². The van der Waals surface area contributed by atoms with E-state index in [0.717, 1.165) is 10.6 Å². The summed E-state index contributed by atoms with van der Waals surface area (Å²) in [4.78, 5) is 28.2. The van der Waals surface area contributed by atoms with Crippen LogP contribution in [0.3, 0.4) is 0 Å². The molecule has 0 saturated carbocycles. The Morgan fingerprint density at radius 1 is 1.15 bits per heavy atom. The maximum absolute atomic E-state index is 13.0. The van der Waals surface area contributed by atoms with Crippen LogP contribution in [0.4, 0.5) is 5.69 Å². The predicted molar refractivity (Wildman–Crippen MR) is 107 cm³/mol. The van der Waals surface area contributed by atoms with E-state index < -0.39 is 5.54 Å². The number of carbonyl (C=O) groups is 2. The minimum atomic E-state index is -0.735. The number of para-hydroxylation sites is 1. The van der Waals surface area contributed by atoms with Gasteiger partial charge in [0.1, 0.15) is 5.54 Å². The van der Waals surface area contributed by atoms with E-state index in [1.807, 2.05) is 52.7 Å². The molecule has 0 unspecified atom stereocenters. The van der Waals surface area contributed by atoms with Crippen LogP contribution in [0.5, 0.6) is 0 Å². The fraction of sp³-hybridized carbons (Fsp3) is 0.400. The number of likely N-dealkylation sites (tertiary alicyclic amines) is 1. The fourth-order valence-corrected chi connectivity index (χ4v) is 3.98. The van der Waals surface area contributed by atoms with Crippen LogP contribution in [0.1, 0.15) is 22.5 Å². The van der Waals surface area contributed by atoms with E-state index in [9.17, 15) is 9.59 Å². The molecule has 1 aromatic heterocycles. The van der Waals surface area contributed by atoms with E-state index in [4.69, 9.17) is 4.74 Å². The second kappa shape index (κ2) is 9.01. The molecule has 144 valence electrons. The van der Waals surface area contributed by atoms with Crippen LogP contribution in [0, 0.1) is 0 Å². The van der Waals surface area contributed by atoms with Crippen molar-refractivity contribution in [1.29, 1.82) is 0 Å². The van der Waals surface area contributed by atoms with E-state index in [-0.39, 0.29) is 11.8 Å². The average Bonchev–Trinajstić information content (AvgIpc) is 3.24. The quantitative estimate of drug-likeness (QED) is 0.717. The number of anilines is 1. The zero-order valence-corrected chi connectivity index (χ0v) is 16.3. The second-order valence-electron chi connectivity index (χ2n) is 6.59. The summed E-state index contributed by atoms with van der Waals surface area (Å²) in [7, 11) is 1.61. The van der Waals surface area contributed by atoms with Gasteiger partial charge in [-0.25, -0.2) is 0 Å². The second-order valence-corrected chi connectivity index (χ2v) is 7.54. The highest BCUT2D eigenvalue weighted by Gasteiger charge is 2.42. The van der Waals surface area contributed by atoms with Gasteiger partial charge < -0.3 is 20.3 Å². The molecule has 1 saturated heterocycles. The van der Waals surface area contributed by atoms with Gasteiger partial charge in [0.2, 0.25) is 5.91 Å². The lowest BCUT2D eigenvalue weighted by Gasteiger charge is -2.41. The molecule has 0 radical (unpaired) electrons. The maximum atomic E-state index is 13.0. The van der Waals surface area contributed by atoms with Crippen LogP contribution in [0.25, 0.3) is 0 Å². The Hall–Kier alpha value is -2.38. The smallest absolute Gasteiger partial charge is 0.263 e. The Balaban J connectivity index is 1.71. The number of carbonyl (C=O) groups excluding carboxylic acids is 2. The summed E-state index contributed by atoms with van der Waals surface area (Å²) in [6.45, 7) is 2.00.